The average molecular weight is 584 g/mol. The third-order valence-electron chi connectivity index (χ3n) is 6.28. The van der Waals surface area contributed by atoms with Crippen LogP contribution in [0.15, 0.2) is 41.6 Å². The van der Waals surface area contributed by atoms with Gasteiger partial charge >= 0.3 is 12.4 Å². The molecule has 0 bridgehead atoms. The average Bonchev–Trinajstić information content (AvgIpc) is 3.27. The Morgan fingerprint density at radius 3 is 2.31 bits per heavy atom. The fourth-order valence-corrected chi connectivity index (χ4v) is 4.43. The molecule has 2 aliphatic rings. The number of hydrogen-bond donors (Lipinski definition) is 1. The lowest BCUT2D eigenvalue weighted by molar-refractivity contribution is -0.276. The fraction of sp³-hybridized carbons (Fsp3) is 0.375. The maximum atomic E-state index is 14.2. The van der Waals surface area contributed by atoms with Gasteiger partial charge in [0.15, 0.2) is 0 Å². The van der Waals surface area contributed by atoms with Gasteiger partial charge in [0.1, 0.15) is 0 Å². The minimum absolute atomic E-state index is 0.0479. The van der Waals surface area contributed by atoms with Crippen LogP contribution in [0.3, 0.4) is 0 Å². The Balaban J connectivity index is 1.52. The van der Waals surface area contributed by atoms with Crippen molar-refractivity contribution in [2.24, 2.45) is 5.16 Å². The molecule has 1 unspecified atom stereocenters. The summed E-state index contributed by atoms with van der Waals surface area (Å²) >= 11 is 5.70. The molecule has 0 spiro atoms. The van der Waals surface area contributed by atoms with Crippen molar-refractivity contribution in [3.63, 3.8) is 0 Å². The van der Waals surface area contributed by atoms with Crippen LogP contribution in [-0.2, 0) is 21.4 Å². The van der Waals surface area contributed by atoms with Crippen molar-refractivity contribution < 1.29 is 49.5 Å². The van der Waals surface area contributed by atoms with E-state index in [1.807, 2.05) is 0 Å². The first-order chi connectivity index (χ1) is 17.9. The third kappa shape index (κ3) is 5.65. The van der Waals surface area contributed by atoms with Gasteiger partial charge in [-0.25, -0.2) is 8.78 Å². The first kappa shape index (κ1) is 28.6. The number of nitrogens with one attached hydrogen (secondary N) is 1. The second-order valence-corrected chi connectivity index (χ2v) is 9.61. The van der Waals surface area contributed by atoms with Crippen LogP contribution in [0.5, 0.6) is 0 Å². The molecule has 15 heteroatoms. The van der Waals surface area contributed by atoms with Crippen LogP contribution in [0.2, 0.25) is 5.02 Å². The van der Waals surface area contributed by atoms with E-state index in [0.29, 0.717) is 12.1 Å². The molecule has 1 N–H and O–H groups in total. The molecule has 39 heavy (non-hydrogen) atoms. The predicted octanol–water partition coefficient (Wildman–Crippen LogP) is 5.46. The second-order valence-electron chi connectivity index (χ2n) is 9.18. The number of halogens is 9. The molecule has 210 valence electrons. The number of oxime groups is 1. The zero-order valence-corrected chi connectivity index (χ0v) is 20.6. The van der Waals surface area contributed by atoms with Gasteiger partial charge in [0, 0.05) is 22.6 Å². The van der Waals surface area contributed by atoms with E-state index in [0.717, 1.165) is 11.0 Å². The molecular formula is C24H18ClF8N3O3. The van der Waals surface area contributed by atoms with Crippen LogP contribution in [0.1, 0.15) is 39.0 Å². The van der Waals surface area contributed by atoms with Crippen molar-refractivity contribution in [1.82, 2.24) is 10.2 Å². The molecular weight excluding hydrogens is 566 g/mol. The largest absolute Gasteiger partial charge is 0.435 e. The van der Waals surface area contributed by atoms with Crippen molar-refractivity contribution in [3.05, 3.63) is 69.2 Å². The van der Waals surface area contributed by atoms with E-state index >= 15 is 0 Å². The first-order valence-corrected chi connectivity index (χ1v) is 11.5. The molecule has 2 heterocycles. The van der Waals surface area contributed by atoms with E-state index in [-0.39, 0.29) is 22.4 Å². The molecule has 0 aromatic heterocycles. The standard InChI is InChI=1S/C24H18ClF8N3O3/c1-12-4-13(2-3-17(12)20(38)34-9-19(37)36-10-21(26,27)11-36)18-8-22(39-35-18,24(31,32)33)14-5-15(23(28,29)30)7-16(25)6-14/h2-7H,8-11H2,1H3,(H,34,38). The molecule has 4 rings (SSSR count). The molecule has 6 nitrogen and oxygen atoms in total. The Labute approximate surface area is 220 Å². The van der Waals surface area contributed by atoms with E-state index in [2.05, 4.69) is 10.5 Å². The number of rotatable bonds is 5. The molecule has 1 fully saturated rings. The summed E-state index contributed by atoms with van der Waals surface area (Å²) in [4.78, 5) is 30.0. The lowest BCUT2D eigenvalue weighted by atomic mass is 9.85. The number of likely N-dealkylation sites (tertiary alicyclic amines) is 1. The van der Waals surface area contributed by atoms with Gasteiger partial charge in [0.2, 0.25) is 5.91 Å². The smallest absolute Gasteiger partial charge is 0.374 e. The highest BCUT2D eigenvalue weighted by Crippen LogP contribution is 2.50. The maximum absolute atomic E-state index is 14.2. The van der Waals surface area contributed by atoms with E-state index in [1.54, 1.807) is 0 Å². The van der Waals surface area contributed by atoms with Crippen molar-refractivity contribution in [2.75, 3.05) is 19.6 Å². The van der Waals surface area contributed by atoms with Crippen molar-refractivity contribution in [3.8, 4) is 0 Å². The Morgan fingerprint density at radius 2 is 1.74 bits per heavy atom. The zero-order chi connectivity index (χ0) is 29.0. The summed E-state index contributed by atoms with van der Waals surface area (Å²) in [6.07, 6.45) is -11.1. The molecule has 2 aromatic carbocycles. The van der Waals surface area contributed by atoms with Crippen LogP contribution >= 0.6 is 11.6 Å². The lowest BCUT2D eigenvalue weighted by Crippen LogP contribution is -2.60. The summed E-state index contributed by atoms with van der Waals surface area (Å²) < 4.78 is 108. The van der Waals surface area contributed by atoms with Gasteiger partial charge in [0.25, 0.3) is 17.4 Å². The summed E-state index contributed by atoms with van der Waals surface area (Å²) in [5.41, 5.74) is -5.35. The van der Waals surface area contributed by atoms with E-state index in [4.69, 9.17) is 16.4 Å². The molecule has 0 saturated carbocycles. The van der Waals surface area contributed by atoms with Crippen molar-refractivity contribution in [2.45, 2.75) is 37.2 Å². The number of carbonyl (C=O) groups excluding carboxylic acids is 2. The van der Waals surface area contributed by atoms with Gasteiger partial charge in [-0.15, -0.1) is 0 Å². The summed E-state index contributed by atoms with van der Waals surface area (Å²) in [7, 11) is 0. The van der Waals surface area contributed by atoms with Gasteiger partial charge in [-0.05, 0) is 48.4 Å². The van der Waals surface area contributed by atoms with Crippen LogP contribution in [0.4, 0.5) is 35.1 Å². The minimum atomic E-state index is -5.19. The minimum Gasteiger partial charge on any atom is -0.374 e. The van der Waals surface area contributed by atoms with Crippen LogP contribution in [-0.4, -0.2) is 54.2 Å². The highest BCUT2D eigenvalue weighted by atomic mass is 35.5. The van der Waals surface area contributed by atoms with E-state index in [1.165, 1.54) is 25.1 Å². The Bertz CT molecular complexity index is 1350. The SMILES string of the molecule is Cc1cc(C2=NOC(c3cc(Cl)cc(C(F)(F)F)c3)(C(F)(F)F)C2)ccc1C(=O)NCC(=O)N1CC(F)(F)C1. The fourth-order valence-electron chi connectivity index (χ4n) is 4.19. The van der Waals surface area contributed by atoms with Gasteiger partial charge in [-0.1, -0.05) is 22.8 Å². The van der Waals surface area contributed by atoms with Gasteiger partial charge in [0.05, 0.1) is 30.9 Å². The topological polar surface area (TPSA) is 71.0 Å². The number of benzene rings is 2. The van der Waals surface area contributed by atoms with Gasteiger partial charge in [-0.2, -0.15) is 26.3 Å². The molecule has 0 radical (unpaired) electrons. The summed E-state index contributed by atoms with van der Waals surface area (Å²) in [6.45, 7) is -0.571. The summed E-state index contributed by atoms with van der Waals surface area (Å²) in [5.74, 6) is -4.40. The molecule has 2 aliphatic heterocycles. The number of amides is 2. The predicted molar refractivity (Wildman–Crippen MR) is 121 cm³/mol. The number of hydrogen-bond acceptors (Lipinski definition) is 4. The molecule has 2 aromatic rings. The quantitative estimate of drug-likeness (QED) is 0.476. The number of alkyl halides is 8. The summed E-state index contributed by atoms with van der Waals surface area (Å²) in [5, 5.41) is 5.23. The zero-order valence-electron chi connectivity index (χ0n) is 19.8. The Hall–Kier alpha value is -3.42. The highest BCUT2D eigenvalue weighted by Gasteiger charge is 2.62. The lowest BCUT2D eigenvalue weighted by Gasteiger charge is -2.38. The van der Waals surface area contributed by atoms with Crippen molar-refractivity contribution >= 4 is 29.1 Å². The second kappa shape index (κ2) is 9.65. The highest BCUT2D eigenvalue weighted by molar-refractivity contribution is 6.30. The monoisotopic (exact) mass is 583 g/mol. The third-order valence-corrected chi connectivity index (χ3v) is 6.50. The van der Waals surface area contributed by atoms with E-state index in [9.17, 15) is 44.7 Å². The van der Waals surface area contributed by atoms with E-state index < -0.39 is 77.9 Å². The van der Waals surface area contributed by atoms with Gasteiger partial charge in [-0.3, -0.25) is 9.59 Å². The van der Waals surface area contributed by atoms with Crippen molar-refractivity contribution in [1.29, 1.82) is 0 Å². The van der Waals surface area contributed by atoms with Crippen LogP contribution < -0.4 is 5.32 Å². The van der Waals surface area contributed by atoms with Gasteiger partial charge < -0.3 is 15.1 Å². The Morgan fingerprint density at radius 1 is 1.08 bits per heavy atom. The number of nitrogens with zero attached hydrogens (tertiary/aromatic N) is 2. The maximum Gasteiger partial charge on any atom is 0.435 e. The van der Waals surface area contributed by atoms with Crippen LogP contribution in [0, 0.1) is 6.92 Å². The molecule has 1 atom stereocenters. The molecule has 0 aliphatic carbocycles. The van der Waals surface area contributed by atoms with Crippen LogP contribution in [0.25, 0.3) is 0 Å². The molecule has 1 saturated heterocycles. The normalized spacial score (nSPS) is 20.7. The molecule has 2 amide bonds. The number of aryl methyl sites for hydroxylation is 1. The number of carbonyl (C=O) groups is 2. The first-order valence-electron chi connectivity index (χ1n) is 11.2. The Kier molecular flexibility index (Phi) is 7.07. The summed E-state index contributed by atoms with van der Waals surface area (Å²) in [6, 6.07) is 5.35.